The van der Waals surface area contributed by atoms with Crippen LogP contribution in [-0.2, 0) is 14.4 Å². The van der Waals surface area contributed by atoms with Gasteiger partial charge in [-0.05, 0) is 60.2 Å². The molecule has 0 bridgehead atoms. The Morgan fingerprint density at radius 3 is 2.52 bits per heavy atom. The average molecular weight is 425 g/mol. The van der Waals surface area contributed by atoms with E-state index < -0.39 is 51.6 Å². The van der Waals surface area contributed by atoms with E-state index in [1.54, 1.807) is 13.0 Å². The molecule has 4 aliphatic carbocycles. The molecule has 0 radical (unpaired) electrons. The van der Waals surface area contributed by atoms with Gasteiger partial charge in [-0.3, -0.25) is 9.59 Å². The van der Waals surface area contributed by atoms with Crippen LogP contribution in [0.4, 0.5) is 4.39 Å². The summed E-state index contributed by atoms with van der Waals surface area (Å²) in [6, 6.07) is 0. The van der Waals surface area contributed by atoms with Gasteiger partial charge in [0.05, 0.1) is 11.0 Å². The predicted octanol–water partition coefficient (Wildman–Crippen LogP) is 3.09. The molecule has 0 aromatic rings. The summed E-state index contributed by atoms with van der Waals surface area (Å²) in [5.41, 5.74) is -1.52. The maximum Gasteiger partial charge on any atom is 0.372 e. The summed E-state index contributed by atoms with van der Waals surface area (Å²) in [5.74, 6) is -4.22. The SMILES string of the molecule is CC1C[C@H]2[C@@H]3CC(F)C4=CC(=O)C=C[C@]4(C)[C@@]3(Cl)C(O)C[C@]2(C)[C@H]1C(=O)C(=O)O. The minimum absolute atomic E-state index is 0.0457. The summed E-state index contributed by atoms with van der Waals surface area (Å²) in [4.78, 5) is 34.6. The number of carboxylic acid groups (broad SMARTS) is 1. The van der Waals surface area contributed by atoms with Gasteiger partial charge in [0.2, 0.25) is 5.78 Å². The number of carbonyl (C=O) groups excluding carboxylic acids is 2. The molecule has 4 aliphatic rings. The number of hydrogen-bond donors (Lipinski definition) is 2. The van der Waals surface area contributed by atoms with Gasteiger partial charge in [0.25, 0.3) is 0 Å². The van der Waals surface area contributed by atoms with Crippen molar-refractivity contribution in [2.24, 2.45) is 34.5 Å². The maximum atomic E-state index is 15.3. The van der Waals surface area contributed by atoms with Crippen molar-refractivity contribution in [3.05, 3.63) is 23.8 Å². The monoisotopic (exact) mass is 424 g/mol. The number of aliphatic hydroxyl groups is 1. The van der Waals surface area contributed by atoms with E-state index in [-0.39, 0.29) is 30.5 Å². The Labute approximate surface area is 174 Å². The van der Waals surface area contributed by atoms with Crippen LogP contribution in [0.25, 0.3) is 0 Å². The molecule has 0 heterocycles. The maximum absolute atomic E-state index is 15.3. The fourth-order valence-corrected chi connectivity index (χ4v) is 7.75. The van der Waals surface area contributed by atoms with Crippen molar-refractivity contribution in [3.63, 3.8) is 0 Å². The number of rotatable bonds is 2. The van der Waals surface area contributed by atoms with Gasteiger partial charge in [-0.2, -0.15) is 0 Å². The fourth-order valence-electron chi connectivity index (χ4n) is 7.26. The number of fused-ring (bicyclic) bond motifs is 5. The van der Waals surface area contributed by atoms with Crippen molar-refractivity contribution in [1.82, 2.24) is 0 Å². The van der Waals surface area contributed by atoms with Crippen LogP contribution >= 0.6 is 11.6 Å². The Morgan fingerprint density at radius 2 is 1.90 bits per heavy atom. The lowest BCUT2D eigenvalue weighted by Gasteiger charge is -2.63. The third-order valence-corrected chi connectivity index (χ3v) is 9.39. The van der Waals surface area contributed by atoms with Gasteiger partial charge in [0.1, 0.15) is 6.17 Å². The van der Waals surface area contributed by atoms with Gasteiger partial charge < -0.3 is 10.2 Å². The normalized spacial score (nSPS) is 51.0. The Kier molecular flexibility index (Phi) is 4.46. The van der Waals surface area contributed by atoms with E-state index in [4.69, 9.17) is 11.6 Å². The largest absolute Gasteiger partial charge is 0.475 e. The third-order valence-electron chi connectivity index (χ3n) is 8.46. The number of carbonyl (C=O) groups is 3. The molecule has 4 rings (SSSR count). The Morgan fingerprint density at radius 1 is 1.24 bits per heavy atom. The lowest BCUT2D eigenvalue weighted by molar-refractivity contribution is -0.157. The van der Waals surface area contributed by atoms with Crippen LogP contribution in [0.15, 0.2) is 23.8 Å². The van der Waals surface area contributed by atoms with Crippen molar-refractivity contribution < 1.29 is 29.0 Å². The van der Waals surface area contributed by atoms with Gasteiger partial charge >= 0.3 is 5.97 Å². The number of hydrogen-bond acceptors (Lipinski definition) is 4. The zero-order valence-electron chi connectivity index (χ0n) is 16.7. The van der Waals surface area contributed by atoms with Gasteiger partial charge in [-0.25, -0.2) is 9.18 Å². The highest BCUT2D eigenvalue weighted by atomic mass is 35.5. The summed E-state index contributed by atoms with van der Waals surface area (Å²) < 4.78 is 15.3. The highest BCUT2D eigenvalue weighted by molar-refractivity contribution is 6.34. The Hall–Kier alpha value is -1.53. The predicted molar refractivity (Wildman–Crippen MR) is 104 cm³/mol. The van der Waals surface area contributed by atoms with Crippen LogP contribution < -0.4 is 0 Å². The van der Waals surface area contributed by atoms with E-state index in [0.717, 1.165) is 0 Å². The molecule has 0 aromatic carbocycles. The second kappa shape index (κ2) is 6.24. The highest BCUT2D eigenvalue weighted by Gasteiger charge is 2.72. The highest BCUT2D eigenvalue weighted by Crippen LogP contribution is 2.70. The van der Waals surface area contributed by atoms with E-state index >= 15 is 4.39 Å². The second-order valence-corrected chi connectivity index (χ2v) is 10.4. The lowest BCUT2D eigenvalue weighted by Crippen LogP contribution is -2.67. The van der Waals surface area contributed by atoms with Crippen molar-refractivity contribution in [1.29, 1.82) is 0 Å². The Balaban J connectivity index is 1.84. The van der Waals surface area contributed by atoms with Crippen molar-refractivity contribution in [2.75, 3.05) is 0 Å². The molecule has 9 atom stereocenters. The number of aliphatic carboxylic acids is 1. The smallest absolute Gasteiger partial charge is 0.372 e. The van der Waals surface area contributed by atoms with E-state index in [1.807, 2.05) is 13.8 Å². The lowest BCUT2D eigenvalue weighted by atomic mass is 9.46. The second-order valence-electron chi connectivity index (χ2n) is 9.81. The first-order valence-corrected chi connectivity index (χ1v) is 10.5. The molecule has 3 saturated carbocycles. The molecule has 158 valence electrons. The summed E-state index contributed by atoms with van der Waals surface area (Å²) in [6.45, 7) is 5.45. The molecule has 0 aliphatic heterocycles. The van der Waals surface area contributed by atoms with E-state index in [2.05, 4.69) is 0 Å². The summed E-state index contributed by atoms with van der Waals surface area (Å²) >= 11 is 7.20. The molecule has 7 heteroatoms. The molecule has 0 spiro atoms. The van der Waals surface area contributed by atoms with Crippen LogP contribution in [0.5, 0.6) is 0 Å². The topological polar surface area (TPSA) is 91.7 Å². The van der Waals surface area contributed by atoms with E-state index in [9.17, 15) is 24.6 Å². The van der Waals surface area contributed by atoms with Gasteiger partial charge in [-0.15, -0.1) is 11.6 Å². The fraction of sp³-hybridized carbons (Fsp3) is 0.682. The zero-order valence-corrected chi connectivity index (χ0v) is 17.4. The van der Waals surface area contributed by atoms with Crippen LogP contribution in [-0.4, -0.2) is 44.9 Å². The first-order valence-electron chi connectivity index (χ1n) is 10.1. The molecular weight excluding hydrogens is 399 g/mol. The van der Waals surface area contributed by atoms with Crippen LogP contribution in [0.2, 0.25) is 0 Å². The third kappa shape index (κ3) is 2.45. The minimum atomic E-state index is -1.47. The zero-order chi connectivity index (χ0) is 21.5. The summed E-state index contributed by atoms with van der Waals surface area (Å²) in [7, 11) is 0. The summed E-state index contributed by atoms with van der Waals surface area (Å²) in [5, 5.41) is 20.6. The van der Waals surface area contributed by atoms with E-state index in [0.29, 0.717) is 12.0 Å². The van der Waals surface area contributed by atoms with Crippen LogP contribution in [0.1, 0.15) is 40.0 Å². The van der Waals surface area contributed by atoms with Crippen molar-refractivity contribution in [3.8, 4) is 0 Å². The van der Waals surface area contributed by atoms with Gasteiger partial charge in [0, 0.05) is 11.3 Å². The molecule has 0 aromatic heterocycles. The van der Waals surface area contributed by atoms with E-state index in [1.165, 1.54) is 12.2 Å². The molecule has 3 unspecified atom stereocenters. The molecule has 3 fully saturated rings. The first-order chi connectivity index (χ1) is 13.4. The Bertz CT molecular complexity index is 867. The number of aliphatic hydroxyl groups excluding tert-OH is 1. The summed E-state index contributed by atoms with van der Waals surface area (Å²) in [6.07, 6.45) is 2.57. The molecule has 0 amide bonds. The van der Waals surface area contributed by atoms with Crippen molar-refractivity contribution in [2.45, 2.75) is 57.2 Å². The number of Topliss-reactive ketones (excluding diaryl/α,β-unsaturated/α-hetero) is 1. The molecule has 0 saturated heterocycles. The van der Waals surface area contributed by atoms with Crippen LogP contribution in [0.3, 0.4) is 0 Å². The van der Waals surface area contributed by atoms with Gasteiger partial charge in [-0.1, -0.05) is 26.8 Å². The molecule has 5 nitrogen and oxygen atoms in total. The minimum Gasteiger partial charge on any atom is -0.475 e. The molecule has 2 N–H and O–H groups in total. The first kappa shape index (κ1) is 20.7. The number of allylic oxidation sites excluding steroid dienone is 4. The number of ketones is 2. The number of carboxylic acids is 1. The molecular formula is C22H26ClFO5. The standard InChI is InChI=1S/C22H26ClFO5/c1-10-6-12-13-8-15(24)14-7-11(25)4-5-21(14,3)22(13,23)16(26)9-20(12,2)17(10)18(27)19(28)29/h4-5,7,10,12-13,15-17,26H,6,8-9H2,1-3H3,(H,28,29)/t10?,12-,13-,15?,16?,17+,20-,21-,22-/m0/s1. The van der Waals surface area contributed by atoms with Crippen molar-refractivity contribution >= 4 is 29.1 Å². The van der Waals surface area contributed by atoms with Gasteiger partial charge in [0.15, 0.2) is 5.78 Å². The van der Waals surface area contributed by atoms with Crippen LogP contribution in [0, 0.1) is 34.5 Å². The number of halogens is 2. The number of alkyl halides is 2. The average Bonchev–Trinajstić information content (AvgIpc) is 2.89. The quantitative estimate of drug-likeness (QED) is 0.525. The molecule has 29 heavy (non-hydrogen) atoms.